The average molecular weight is 294 g/mol. The first kappa shape index (κ1) is 15.6. The van der Waals surface area contributed by atoms with Gasteiger partial charge >= 0.3 is 17.1 Å². The number of hydrogen-bond donors (Lipinski definition) is 0. The SMILES string of the molecule is O=C=NCN=c1oc(=O)n(CN=C=O)c(=O)n1CN=C=O. The Morgan fingerprint density at radius 2 is 1.48 bits per heavy atom. The van der Waals surface area contributed by atoms with Gasteiger partial charge in [-0.2, -0.15) is 15.0 Å². The van der Waals surface area contributed by atoms with Gasteiger partial charge in [-0.25, -0.2) is 38.1 Å². The smallest absolute Gasteiger partial charge is 0.375 e. The summed E-state index contributed by atoms with van der Waals surface area (Å²) < 4.78 is 5.83. The van der Waals surface area contributed by atoms with Crippen LogP contribution in [0.25, 0.3) is 0 Å². The Kier molecular flexibility index (Phi) is 5.85. The highest BCUT2D eigenvalue weighted by Crippen LogP contribution is 1.78. The molecular weight excluding hydrogens is 288 g/mol. The Bertz CT molecular complexity index is 841. The van der Waals surface area contributed by atoms with E-state index in [1.165, 1.54) is 12.2 Å². The van der Waals surface area contributed by atoms with Crippen molar-refractivity contribution in [2.75, 3.05) is 6.67 Å². The molecule has 0 bridgehead atoms. The molecule has 21 heavy (non-hydrogen) atoms. The Balaban J connectivity index is 3.58. The van der Waals surface area contributed by atoms with E-state index >= 15 is 0 Å². The Morgan fingerprint density at radius 3 is 2.05 bits per heavy atom. The molecule has 0 aliphatic heterocycles. The predicted molar refractivity (Wildman–Crippen MR) is 62.0 cm³/mol. The lowest BCUT2D eigenvalue weighted by Gasteiger charge is -2.03. The van der Waals surface area contributed by atoms with E-state index in [9.17, 15) is 24.0 Å². The van der Waals surface area contributed by atoms with Crippen LogP contribution in [0.4, 0.5) is 0 Å². The van der Waals surface area contributed by atoms with Crippen molar-refractivity contribution in [1.29, 1.82) is 0 Å². The lowest BCUT2D eigenvalue weighted by atomic mass is 10.8. The number of nitrogens with zero attached hydrogens (tertiary/aromatic N) is 6. The molecule has 12 heteroatoms. The number of rotatable bonds is 6. The maximum atomic E-state index is 12.0. The van der Waals surface area contributed by atoms with Gasteiger partial charge in [0.15, 0.2) is 0 Å². The van der Waals surface area contributed by atoms with Crippen LogP contribution in [0.2, 0.25) is 0 Å². The molecule has 0 saturated heterocycles. The van der Waals surface area contributed by atoms with E-state index in [2.05, 4.69) is 20.0 Å². The van der Waals surface area contributed by atoms with Crippen molar-refractivity contribution in [3.8, 4) is 0 Å². The highest BCUT2D eigenvalue weighted by Gasteiger charge is 2.09. The molecule has 0 aromatic carbocycles. The van der Waals surface area contributed by atoms with Gasteiger partial charge < -0.3 is 4.42 Å². The molecule has 1 heterocycles. The van der Waals surface area contributed by atoms with Crippen LogP contribution in [0.5, 0.6) is 0 Å². The minimum absolute atomic E-state index is 0.451. The number of aromatic nitrogens is 2. The molecule has 0 N–H and O–H groups in total. The van der Waals surface area contributed by atoms with Gasteiger partial charge in [0.2, 0.25) is 18.2 Å². The predicted octanol–water partition coefficient (Wildman–Crippen LogP) is -2.62. The van der Waals surface area contributed by atoms with Crippen molar-refractivity contribution in [1.82, 2.24) is 9.13 Å². The van der Waals surface area contributed by atoms with Crippen LogP contribution in [0.15, 0.2) is 34.0 Å². The average Bonchev–Trinajstić information content (AvgIpc) is 2.47. The molecule has 0 radical (unpaired) electrons. The van der Waals surface area contributed by atoms with Crippen LogP contribution < -0.4 is 17.1 Å². The first-order chi connectivity index (χ1) is 10.2. The van der Waals surface area contributed by atoms with E-state index < -0.39 is 37.1 Å². The lowest BCUT2D eigenvalue weighted by molar-refractivity contribution is 0.312. The van der Waals surface area contributed by atoms with Crippen LogP contribution >= 0.6 is 0 Å². The van der Waals surface area contributed by atoms with Gasteiger partial charge in [-0.05, 0) is 0 Å². The van der Waals surface area contributed by atoms with Gasteiger partial charge in [0.1, 0.15) is 20.0 Å². The monoisotopic (exact) mass is 294 g/mol. The van der Waals surface area contributed by atoms with E-state index in [1.54, 1.807) is 0 Å². The zero-order valence-corrected chi connectivity index (χ0v) is 10.3. The van der Waals surface area contributed by atoms with Gasteiger partial charge in [0.25, 0.3) is 0 Å². The molecule has 108 valence electrons. The molecule has 0 aliphatic rings. The van der Waals surface area contributed by atoms with Crippen molar-refractivity contribution < 1.29 is 18.8 Å². The summed E-state index contributed by atoms with van der Waals surface area (Å²) in [7, 11) is 0. The van der Waals surface area contributed by atoms with Crippen molar-refractivity contribution in [3.05, 3.63) is 26.7 Å². The third-order valence-electron chi connectivity index (χ3n) is 1.99. The second-order valence-electron chi connectivity index (χ2n) is 3.12. The normalized spacial score (nSPS) is 10.2. The molecular formula is C9H6N6O6. The number of hydrogen-bond acceptors (Lipinski definition) is 10. The van der Waals surface area contributed by atoms with E-state index in [-0.39, 0.29) is 0 Å². The molecule has 0 unspecified atom stereocenters. The molecule has 0 fully saturated rings. The fourth-order valence-corrected chi connectivity index (χ4v) is 1.17. The quantitative estimate of drug-likeness (QED) is 0.412. The Hall–Kier alpha value is -3.45. The third kappa shape index (κ3) is 4.01. The van der Waals surface area contributed by atoms with Crippen LogP contribution in [0.1, 0.15) is 0 Å². The van der Waals surface area contributed by atoms with Crippen molar-refractivity contribution in [2.24, 2.45) is 20.0 Å². The molecule has 0 aliphatic carbocycles. The first-order valence-corrected chi connectivity index (χ1v) is 5.12. The van der Waals surface area contributed by atoms with E-state index in [1.807, 2.05) is 0 Å². The zero-order chi connectivity index (χ0) is 15.7. The summed E-state index contributed by atoms with van der Waals surface area (Å²) >= 11 is 0. The van der Waals surface area contributed by atoms with E-state index in [4.69, 9.17) is 4.42 Å². The molecule has 0 saturated carbocycles. The van der Waals surface area contributed by atoms with Gasteiger partial charge in [-0.3, -0.25) is 0 Å². The maximum Gasteiger partial charge on any atom is 0.427 e. The van der Waals surface area contributed by atoms with Crippen LogP contribution in [0.3, 0.4) is 0 Å². The van der Waals surface area contributed by atoms with Gasteiger partial charge in [0.05, 0.1) is 0 Å². The summed E-state index contributed by atoms with van der Waals surface area (Å²) in [5.74, 6) is -1.15. The topological polar surface area (TPSA) is 158 Å². The van der Waals surface area contributed by atoms with Gasteiger partial charge in [0, 0.05) is 0 Å². The molecule has 0 spiro atoms. The Labute approximate surface area is 114 Å². The summed E-state index contributed by atoms with van der Waals surface area (Å²) in [5.41, 5.74) is -1.51. The fraction of sp³-hybridized carbons (Fsp3) is 0.333. The second kappa shape index (κ2) is 7.87. The minimum Gasteiger partial charge on any atom is -0.375 e. The molecule has 0 amide bonds. The summed E-state index contributed by atoms with van der Waals surface area (Å²) in [4.78, 5) is 66.4. The van der Waals surface area contributed by atoms with Crippen LogP contribution in [0, 0.1) is 0 Å². The molecule has 12 nitrogen and oxygen atoms in total. The molecule has 1 aromatic rings. The molecule has 1 rings (SSSR count). The van der Waals surface area contributed by atoms with E-state index in [0.717, 1.165) is 6.08 Å². The van der Waals surface area contributed by atoms with Gasteiger partial charge in [-0.15, -0.1) is 0 Å². The molecule has 1 aromatic heterocycles. The minimum atomic E-state index is -1.15. The first-order valence-electron chi connectivity index (χ1n) is 5.12. The summed E-state index contributed by atoms with van der Waals surface area (Å²) in [6.45, 7) is -1.62. The van der Waals surface area contributed by atoms with Gasteiger partial charge in [-0.1, -0.05) is 0 Å². The zero-order valence-electron chi connectivity index (χ0n) is 10.3. The number of isocyanates is 3. The lowest BCUT2D eigenvalue weighted by Crippen LogP contribution is -2.46. The van der Waals surface area contributed by atoms with Crippen molar-refractivity contribution in [3.63, 3.8) is 0 Å². The van der Waals surface area contributed by atoms with E-state index in [0.29, 0.717) is 9.13 Å². The summed E-state index contributed by atoms with van der Waals surface area (Å²) in [6, 6.07) is 0. The summed E-state index contributed by atoms with van der Waals surface area (Å²) in [6.07, 6.45) is 3.53. The Morgan fingerprint density at radius 1 is 0.905 bits per heavy atom. The van der Waals surface area contributed by atoms with Crippen molar-refractivity contribution >= 4 is 18.2 Å². The largest absolute Gasteiger partial charge is 0.427 e. The number of aliphatic imine (C=N–C) groups is 3. The third-order valence-corrected chi connectivity index (χ3v) is 1.99. The summed E-state index contributed by atoms with van der Waals surface area (Å²) in [5, 5.41) is 0. The van der Waals surface area contributed by atoms with Crippen molar-refractivity contribution in [2.45, 2.75) is 13.3 Å². The highest BCUT2D eigenvalue weighted by molar-refractivity contribution is 5.33. The standard InChI is InChI=1S/C9H6N6O6/c16-4-10-1-13-7-14(2-11-5-17)8(19)15(3-12-6-18)9(20)21-7/h1-3H2. The van der Waals surface area contributed by atoms with Crippen LogP contribution in [-0.2, 0) is 27.7 Å². The van der Waals surface area contributed by atoms with Crippen LogP contribution in [-0.4, -0.2) is 34.0 Å². The highest BCUT2D eigenvalue weighted by atomic mass is 16.4. The number of carbonyl (C=O) groups excluding carboxylic acids is 3. The fourth-order valence-electron chi connectivity index (χ4n) is 1.17. The molecule has 0 atom stereocenters. The maximum absolute atomic E-state index is 12.0. The second-order valence-corrected chi connectivity index (χ2v) is 3.12.